The number of rotatable bonds is 5. The van der Waals surface area contributed by atoms with E-state index in [9.17, 15) is 0 Å². The molecule has 1 saturated heterocycles. The summed E-state index contributed by atoms with van der Waals surface area (Å²) in [5, 5.41) is 0. The van der Waals surface area contributed by atoms with E-state index >= 15 is 0 Å². The number of hydrogen-bond donors (Lipinski definition) is 3. The highest BCUT2D eigenvalue weighted by molar-refractivity contribution is 5.40. The van der Waals surface area contributed by atoms with Crippen molar-refractivity contribution in [2.75, 3.05) is 5.73 Å². The molecule has 1 fully saturated rings. The number of ether oxygens (including phenoxy) is 1. The second-order valence-corrected chi connectivity index (χ2v) is 6.23. The van der Waals surface area contributed by atoms with Crippen LogP contribution in [0.2, 0.25) is 0 Å². The molecule has 0 spiro atoms. The first-order valence-electron chi connectivity index (χ1n) is 8.25. The average Bonchev–Trinajstić information content (AvgIpc) is 3.03. The lowest BCUT2D eigenvalue weighted by molar-refractivity contribution is 0.154. The van der Waals surface area contributed by atoms with Crippen molar-refractivity contribution in [3.8, 4) is 5.75 Å². The summed E-state index contributed by atoms with van der Waals surface area (Å²) < 4.78 is 6.21. The van der Waals surface area contributed by atoms with Crippen molar-refractivity contribution in [1.82, 2.24) is 10.9 Å². The first-order valence-corrected chi connectivity index (χ1v) is 8.25. The van der Waals surface area contributed by atoms with E-state index in [1.807, 2.05) is 24.3 Å². The van der Waals surface area contributed by atoms with Gasteiger partial charge in [-0.25, -0.2) is 5.43 Å². The predicted octanol–water partition coefficient (Wildman–Crippen LogP) is 3.34. The van der Waals surface area contributed by atoms with Gasteiger partial charge < -0.3 is 10.5 Å². The van der Waals surface area contributed by atoms with Crippen LogP contribution >= 0.6 is 0 Å². The molecule has 23 heavy (non-hydrogen) atoms. The minimum atomic E-state index is 0.142. The third-order valence-electron chi connectivity index (χ3n) is 4.40. The summed E-state index contributed by atoms with van der Waals surface area (Å²) in [7, 11) is 0. The van der Waals surface area contributed by atoms with E-state index in [1.54, 1.807) is 0 Å². The fraction of sp³-hybridized carbons (Fsp3) is 0.368. The zero-order valence-electron chi connectivity index (χ0n) is 13.8. The van der Waals surface area contributed by atoms with Crippen LogP contribution in [0.15, 0.2) is 48.5 Å². The normalized spacial score (nSPS) is 22.0. The van der Waals surface area contributed by atoms with Crippen molar-refractivity contribution in [2.24, 2.45) is 0 Å². The maximum atomic E-state index is 6.21. The minimum Gasteiger partial charge on any atom is -0.489 e. The Morgan fingerprint density at radius 2 is 1.96 bits per heavy atom. The van der Waals surface area contributed by atoms with Crippen LogP contribution < -0.4 is 21.3 Å². The largest absolute Gasteiger partial charge is 0.489 e. The monoisotopic (exact) mass is 311 g/mol. The van der Waals surface area contributed by atoms with Crippen LogP contribution in [-0.4, -0.2) is 12.1 Å². The molecule has 1 aliphatic rings. The Hall–Kier alpha value is -2.04. The summed E-state index contributed by atoms with van der Waals surface area (Å²) in [6, 6.07) is 16.9. The van der Waals surface area contributed by atoms with E-state index in [1.165, 1.54) is 11.1 Å². The molecular weight excluding hydrogens is 286 g/mol. The van der Waals surface area contributed by atoms with E-state index in [0.29, 0.717) is 0 Å². The molecule has 1 heterocycles. The quantitative estimate of drug-likeness (QED) is 0.741. The van der Waals surface area contributed by atoms with Gasteiger partial charge >= 0.3 is 0 Å². The van der Waals surface area contributed by atoms with Gasteiger partial charge in [0.2, 0.25) is 0 Å². The summed E-state index contributed by atoms with van der Waals surface area (Å²) in [4.78, 5) is 0. The van der Waals surface area contributed by atoms with Crippen molar-refractivity contribution >= 4 is 5.69 Å². The van der Waals surface area contributed by atoms with Crippen LogP contribution in [0.4, 0.5) is 5.69 Å². The van der Waals surface area contributed by atoms with Gasteiger partial charge in [0.15, 0.2) is 0 Å². The van der Waals surface area contributed by atoms with Crippen LogP contribution in [0.5, 0.6) is 5.75 Å². The number of nitrogen functional groups attached to an aromatic ring is 1. The van der Waals surface area contributed by atoms with Gasteiger partial charge in [0.05, 0.1) is 6.04 Å². The molecule has 4 heteroatoms. The number of aryl methyl sites for hydroxylation is 1. The number of nitrogens with two attached hydrogens (primary N) is 1. The third kappa shape index (κ3) is 3.84. The highest BCUT2D eigenvalue weighted by atomic mass is 16.5. The van der Waals surface area contributed by atoms with Crippen molar-refractivity contribution in [1.29, 1.82) is 0 Å². The SMILES string of the molecule is CCC(Oc1cccc(C)c1)C1CC(c2ccc(N)cc2)NN1. The summed E-state index contributed by atoms with van der Waals surface area (Å²) in [6.45, 7) is 4.25. The molecule has 1 aliphatic heterocycles. The first kappa shape index (κ1) is 15.8. The van der Waals surface area contributed by atoms with Crippen LogP contribution in [0.1, 0.15) is 36.9 Å². The van der Waals surface area contributed by atoms with E-state index in [4.69, 9.17) is 10.5 Å². The molecule has 4 nitrogen and oxygen atoms in total. The Balaban J connectivity index is 1.65. The maximum absolute atomic E-state index is 6.21. The van der Waals surface area contributed by atoms with Gasteiger partial charge in [-0.3, -0.25) is 5.43 Å². The Bertz CT molecular complexity index is 641. The molecule has 3 rings (SSSR count). The van der Waals surface area contributed by atoms with E-state index in [0.717, 1.165) is 24.3 Å². The van der Waals surface area contributed by atoms with Crippen molar-refractivity contribution < 1.29 is 4.74 Å². The molecule has 3 unspecified atom stereocenters. The van der Waals surface area contributed by atoms with Crippen LogP contribution in [-0.2, 0) is 0 Å². The molecule has 122 valence electrons. The van der Waals surface area contributed by atoms with Gasteiger partial charge in [-0.05, 0) is 55.2 Å². The molecule has 0 bridgehead atoms. The van der Waals surface area contributed by atoms with Crippen molar-refractivity contribution in [3.05, 3.63) is 59.7 Å². The number of nitrogens with one attached hydrogen (secondary N) is 2. The molecule has 3 atom stereocenters. The van der Waals surface area contributed by atoms with Crippen molar-refractivity contribution in [2.45, 2.75) is 44.9 Å². The highest BCUT2D eigenvalue weighted by Crippen LogP contribution is 2.27. The van der Waals surface area contributed by atoms with Gasteiger partial charge in [0.25, 0.3) is 0 Å². The number of benzene rings is 2. The van der Waals surface area contributed by atoms with E-state index in [2.05, 4.69) is 49.0 Å². The van der Waals surface area contributed by atoms with Gasteiger partial charge in [0.1, 0.15) is 11.9 Å². The average molecular weight is 311 g/mol. The Labute approximate surface area is 138 Å². The Kier molecular flexibility index (Phi) is 4.84. The first-order chi connectivity index (χ1) is 11.2. The zero-order chi connectivity index (χ0) is 16.2. The van der Waals surface area contributed by atoms with Crippen LogP contribution in [0.3, 0.4) is 0 Å². The summed E-state index contributed by atoms with van der Waals surface area (Å²) >= 11 is 0. The van der Waals surface area contributed by atoms with E-state index < -0.39 is 0 Å². The molecule has 2 aromatic rings. The number of hydrogen-bond acceptors (Lipinski definition) is 4. The molecular formula is C19H25N3O. The molecule has 4 N–H and O–H groups in total. The standard InChI is InChI=1S/C19H25N3O/c1-3-19(23-16-6-4-5-13(2)11-16)18-12-17(21-22-18)14-7-9-15(20)10-8-14/h4-11,17-19,21-22H,3,12,20H2,1-2H3. The summed E-state index contributed by atoms with van der Waals surface area (Å²) in [5.41, 5.74) is 15.8. The topological polar surface area (TPSA) is 59.3 Å². The van der Waals surface area contributed by atoms with Crippen LogP contribution in [0, 0.1) is 6.92 Å². The third-order valence-corrected chi connectivity index (χ3v) is 4.40. The molecule has 0 aromatic heterocycles. The van der Waals surface area contributed by atoms with Gasteiger partial charge in [-0.15, -0.1) is 0 Å². The molecule has 2 aromatic carbocycles. The molecule has 0 amide bonds. The number of hydrazine groups is 1. The molecule has 0 radical (unpaired) electrons. The maximum Gasteiger partial charge on any atom is 0.120 e. The number of anilines is 1. The molecule has 0 saturated carbocycles. The Morgan fingerprint density at radius 3 is 2.65 bits per heavy atom. The second-order valence-electron chi connectivity index (χ2n) is 6.23. The lowest BCUT2D eigenvalue weighted by Crippen LogP contribution is -2.41. The smallest absolute Gasteiger partial charge is 0.120 e. The fourth-order valence-corrected chi connectivity index (χ4v) is 3.09. The minimum absolute atomic E-state index is 0.142. The van der Waals surface area contributed by atoms with Gasteiger partial charge in [-0.1, -0.05) is 31.2 Å². The van der Waals surface area contributed by atoms with Crippen LogP contribution in [0.25, 0.3) is 0 Å². The van der Waals surface area contributed by atoms with Gasteiger partial charge in [-0.2, -0.15) is 0 Å². The second kappa shape index (κ2) is 7.02. The predicted molar refractivity (Wildman–Crippen MR) is 94.2 cm³/mol. The lowest BCUT2D eigenvalue weighted by atomic mass is 9.98. The highest BCUT2D eigenvalue weighted by Gasteiger charge is 2.31. The zero-order valence-corrected chi connectivity index (χ0v) is 13.8. The fourth-order valence-electron chi connectivity index (χ4n) is 3.09. The summed E-state index contributed by atoms with van der Waals surface area (Å²) in [6.07, 6.45) is 2.10. The molecule has 0 aliphatic carbocycles. The summed E-state index contributed by atoms with van der Waals surface area (Å²) in [5.74, 6) is 0.939. The van der Waals surface area contributed by atoms with Gasteiger partial charge in [0, 0.05) is 11.7 Å². The lowest BCUT2D eigenvalue weighted by Gasteiger charge is -2.23. The Morgan fingerprint density at radius 1 is 1.17 bits per heavy atom. The van der Waals surface area contributed by atoms with E-state index in [-0.39, 0.29) is 18.2 Å². The van der Waals surface area contributed by atoms with Crippen molar-refractivity contribution in [3.63, 3.8) is 0 Å².